The third-order valence-electron chi connectivity index (χ3n) is 7.07. The molecule has 15 heteroatoms. The number of aliphatic carboxylic acids is 1. The van der Waals surface area contributed by atoms with Gasteiger partial charge in [0.05, 0.1) is 0 Å². The first-order valence-corrected chi connectivity index (χ1v) is 14.1. The number of hydrogen-bond acceptors (Lipinski definition) is 11. The zero-order valence-electron chi connectivity index (χ0n) is 20.3. The van der Waals surface area contributed by atoms with Gasteiger partial charge in [0.1, 0.15) is 22.8 Å². The Morgan fingerprint density at radius 1 is 1.32 bits per heavy atom. The van der Waals surface area contributed by atoms with E-state index in [9.17, 15) is 29.5 Å². The lowest BCUT2D eigenvalue weighted by Crippen LogP contribution is -2.71. The number of aromatic nitrogens is 1. The number of hydrogen-bond donors (Lipinski definition) is 5. The number of allylic oxidation sites excluding steroid dienone is 1. The zero-order chi connectivity index (χ0) is 27.0. The molecule has 3 fully saturated rings. The van der Waals surface area contributed by atoms with Crippen LogP contribution in [-0.4, -0.2) is 97.8 Å². The Morgan fingerprint density at radius 2 is 2.08 bits per heavy atom. The van der Waals surface area contributed by atoms with Crippen LogP contribution in [0.5, 0.6) is 0 Å². The zero-order valence-corrected chi connectivity index (χ0v) is 21.9. The van der Waals surface area contributed by atoms with E-state index in [4.69, 9.17) is 5.73 Å². The Morgan fingerprint density at radius 3 is 2.74 bits per heavy atom. The van der Waals surface area contributed by atoms with E-state index in [1.54, 1.807) is 6.08 Å². The molecule has 0 bridgehead atoms. The highest BCUT2D eigenvalue weighted by Crippen LogP contribution is 2.41. The lowest BCUT2D eigenvalue weighted by Gasteiger charge is -2.49. The number of β-lactam (4-membered cyclic amide) rings is 1. The summed E-state index contributed by atoms with van der Waals surface area (Å²) in [6, 6.07) is -1.02. The number of carboxylic acid groups (broad SMARTS) is 1. The Hall–Kier alpha value is -3.43. The summed E-state index contributed by atoms with van der Waals surface area (Å²) >= 11 is 2.34. The monoisotopic (exact) mass is 561 g/mol. The number of carbonyl (C=O) groups excluding carboxylic acids is 3. The molecule has 0 radical (unpaired) electrons. The van der Waals surface area contributed by atoms with E-state index in [1.807, 2.05) is 4.90 Å². The largest absolute Gasteiger partial charge is 0.477 e. The van der Waals surface area contributed by atoms with E-state index in [0.29, 0.717) is 36.6 Å². The molecule has 0 spiro atoms. The minimum Gasteiger partial charge on any atom is -0.477 e. The van der Waals surface area contributed by atoms with Crippen LogP contribution in [0.1, 0.15) is 25.0 Å². The van der Waals surface area contributed by atoms with Gasteiger partial charge in [0.25, 0.3) is 11.8 Å². The van der Waals surface area contributed by atoms with Crippen LogP contribution in [0.4, 0.5) is 5.13 Å². The van der Waals surface area contributed by atoms with Gasteiger partial charge in [-0.3, -0.25) is 19.3 Å². The van der Waals surface area contributed by atoms with Gasteiger partial charge in [0.15, 0.2) is 10.8 Å². The summed E-state index contributed by atoms with van der Waals surface area (Å²) in [4.78, 5) is 57.8. The first kappa shape index (κ1) is 26.2. The van der Waals surface area contributed by atoms with Gasteiger partial charge in [-0.15, -0.1) is 23.1 Å². The molecule has 4 aliphatic heterocycles. The van der Waals surface area contributed by atoms with Crippen LogP contribution in [-0.2, 0) is 19.2 Å². The number of fused-ring (bicyclic) bond motifs is 1. The smallest absolute Gasteiger partial charge is 0.352 e. The standard InChI is InChI=1S/C23H27N7O6S2/c24-23-26-14(10-38-23)15(28-36)18(31)27-16-20(33)30-17(22(34)35)13(9-37-21(16)30)7-12-3-6-29(19(12)32)8-11-1-4-25-5-2-11/h7,10-11,16,21,25,36H,1-6,8-9H2,(H2,24,26)(H,27,31)(H,34,35)/b12-7+,28-15-/t16-,21-/m1/s1. The highest BCUT2D eigenvalue weighted by Gasteiger charge is 2.54. The molecular formula is C23H27N7O6S2. The number of piperidine rings is 1. The number of anilines is 1. The second-order valence-electron chi connectivity index (χ2n) is 9.42. The number of nitrogens with zero attached hydrogens (tertiary/aromatic N) is 4. The first-order chi connectivity index (χ1) is 18.3. The maximum atomic E-state index is 13.0. The van der Waals surface area contributed by atoms with E-state index in [2.05, 4.69) is 20.8 Å². The topological polar surface area (TPSA) is 191 Å². The highest BCUT2D eigenvalue weighted by molar-refractivity contribution is 8.00. The van der Waals surface area contributed by atoms with Gasteiger partial charge >= 0.3 is 5.97 Å². The molecule has 0 saturated carbocycles. The van der Waals surface area contributed by atoms with Crippen LogP contribution in [0.15, 0.2) is 33.5 Å². The average Bonchev–Trinajstić information content (AvgIpc) is 3.48. The number of thiazole rings is 1. The van der Waals surface area contributed by atoms with E-state index in [-0.39, 0.29) is 28.2 Å². The molecule has 13 nitrogen and oxygen atoms in total. The maximum absolute atomic E-state index is 13.0. The van der Waals surface area contributed by atoms with Crippen molar-refractivity contribution >= 4 is 57.6 Å². The molecule has 4 aliphatic rings. The second-order valence-corrected chi connectivity index (χ2v) is 11.4. The summed E-state index contributed by atoms with van der Waals surface area (Å²) in [5.41, 5.74) is 5.97. The predicted octanol–water partition coefficient (Wildman–Crippen LogP) is -0.199. The van der Waals surface area contributed by atoms with Gasteiger partial charge in [-0.2, -0.15) is 0 Å². The maximum Gasteiger partial charge on any atom is 0.352 e. The lowest BCUT2D eigenvalue weighted by atomic mass is 9.97. The molecule has 38 heavy (non-hydrogen) atoms. The number of carbonyl (C=O) groups is 4. The van der Waals surface area contributed by atoms with Crippen molar-refractivity contribution < 1.29 is 29.5 Å². The first-order valence-electron chi connectivity index (χ1n) is 12.1. The van der Waals surface area contributed by atoms with Gasteiger partial charge in [0, 0.05) is 29.8 Å². The van der Waals surface area contributed by atoms with Crippen LogP contribution in [0.25, 0.3) is 0 Å². The Kier molecular flexibility index (Phi) is 7.40. The molecule has 5 rings (SSSR count). The number of nitrogens with one attached hydrogen (secondary N) is 2. The molecule has 0 unspecified atom stereocenters. The van der Waals surface area contributed by atoms with Gasteiger partial charge in [-0.05, 0) is 49.9 Å². The number of amides is 3. The Balaban J connectivity index is 1.29. The van der Waals surface area contributed by atoms with Crippen molar-refractivity contribution in [3.05, 3.63) is 34.0 Å². The molecule has 6 N–H and O–H groups in total. The summed E-state index contributed by atoms with van der Waals surface area (Å²) in [5, 5.41) is 29.0. The Labute approximate surface area is 225 Å². The molecule has 2 atom stereocenters. The number of carboxylic acids is 1. The van der Waals surface area contributed by atoms with Crippen molar-refractivity contribution in [2.75, 3.05) is 37.7 Å². The van der Waals surface area contributed by atoms with Crippen molar-refractivity contribution in [3.8, 4) is 0 Å². The molecule has 0 aromatic carbocycles. The van der Waals surface area contributed by atoms with Crippen molar-refractivity contribution in [3.63, 3.8) is 0 Å². The molecule has 3 amide bonds. The van der Waals surface area contributed by atoms with Crippen molar-refractivity contribution in [2.24, 2.45) is 11.1 Å². The van der Waals surface area contributed by atoms with E-state index in [1.165, 1.54) is 17.1 Å². The summed E-state index contributed by atoms with van der Waals surface area (Å²) in [6.45, 7) is 3.18. The number of nitrogens with two attached hydrogens (primary N) is 1. The third kappa shape index (κ3) is 4.88. The van der Waals surface area contributed by atoms with E-state index in [0.717, 1.165) is 42.2 Å². The molecular weight excluding hydrogens is 534 g/mol. The van der Waals surface area contributed by atoms with Crippen LogP contribution < -0.4 is 16.4 Å². The fourth-order valence-electron chi connectivity index (χ4n) is 5.13. The molecule has 3 saturated heterocycles. The van der Waals surface area contributed by atoms with Crippen LogP contribution in [0.2, 0.25) is 0 Å². The van der Waals surface area contributed by atoms with Crippen LogP contribution in [0, 0.1) is 5.92 Å². The van der Waals surface area contributed by atoms with Gasteiger partial charge in [-0.1, -0.05) is 5.16 Å². The number of oxime groups is 1. The summed E-state index contributed by atoms with van der Waals surface area (Å²) in [7, 11) is 0. The normalized spacial score (nSPS) is 25.6. The van der Waals surface area contributed by atoms with Crippen molar-refractivity contribution in [1.29, 1.82) is 0 Å². The molecule has 1 aromatic rings. The van der Waals surface area contributed by atoms with Crippen LogP contribution in [0.3, 0.4) is 0 Å². The van der Waals surface area contributed by atoms with Crippen molar-refractivity contribution in [2.45, 2.75) is 30.7 Å². The fourth-order valence-corrected chi connectivity index (χ4v) is 6.99. The summed E-state index contributed by atoms with van der Waals surface area (Å²) in [6.07, 6.45) is 4.17. The molecule has 1 aromatic heterocycles. The Bertz CT molecular complexity index is 1270. The fraction of sp³-hybridized carbons (Fsp3) is 0.478. The number of likely N-dealkylation sites (tertiary alicyclic amines) is 1. The molecule has 202 valence electrons. The van der Waals surface area contributed by atoms with Gasteiger partial charge in [0.2, 0.25) is 5.91 Å². The molecule has 0 aliphatic carbocycles. The minimum absolute atomic E-state index is 0.0582. The second kappa shape index (κ2) is 10.7. The van der Waals surface area contributed by atoms with Gasteiger partial charge < -0.3 is 31.6 Å². The van der Waals surface area contributed by atoms with Crippen molar-refractivity contribution in [1.82, 2.24) is 25.4 Å². The summed E-state index contributed by atoms with van der Waals surface area (Å²) < 4.78 is 0. The predicted molar refractivity (Wildman–Crippen MR) is 139 cm³/mol. The highest BCUT2D eigenvalue weighted by atomic mass is 32.2. The van der Waals surface area contributed by atoms with E-state index >= 15 is 0 Å². The summed E-state index contributed by atoms with van der Waals surface area (Å²) in [5.74, 6) is -2.12. The molecule has 5 heterocycles. The number of nitrogen functional groups attached to an aromatic ring is 1. The van der Waals surface area contributed by atoms with Gasteiger partial charge in [-0.25, -0.2) is 9.78 Å². The third-order valence-corrected chi connectivity index (χ3v) is 9.04. The number of thioether (sulfide) groups is 1. The van der Waals surface area contributed by atoms with Crippen LogP contribution >= 0.6 is 23.1 Å². The number of rotatable bonds is 7. The lowest BCUT2D eigenvalue weighted by molar-refractivity contribution is -0.150. The SMILES string of the molecule is Nc1nc(/C(=N/O)C(=O)N[C@@H]2C(=O)N3C(C(=O)O)=C(/C=C4\CCN(CC5CCNCC5)C4=O)CS[C@H]23)cs1. The quantitative estimate of drug-likeness (QED) is 0.0979. The average molecular weight is 562 g/mol. The minimum atomic E-state index is -1.28. The van der Waals surface area contributed by atoms with E-state index < -0.39 is 34.9 Å².